The third-order valence-corrected chi connectivity index (χ3v) is 4.82. The highest BCUT2D eigenvalue weighted by Gasteiger charge is 2.36. The quantitative estimate of drug-likeness (QED) is 0.793. The van der Waals surface area contributed by atoms with Gasteiger partial charge in [0, 0.05) is 17.8 Å². The van der Waals surface area contributed by atoms with E-state index in [1.165, 1.54) is 19.3 Å². The van der Waals surface area contributed by atoms with E-state index in [-0.39, 0.29) is 0 Å². The first-order chi connectivity index (χ1) is 9.21. The minimum atomic E-state index is 0.334. The van der Waals surface area contributed by atoms with E-state index in [2.05, 4.69) is 31.8 Å². The third kappa shape index (κ3) is 3.40. The lowest BCUT2D eigenvalue weighted by Gasteiger charge is -2.40. The fraction of sp³-hybridized carbons (Fsp3) is 0.750. The first-order valence-electron chi connectivity index (χ1n) is 6.54. The molecule has 1 heterocycles. The maximum atomic E-state index is 5.09. The van der Waals surface area contributed by atoms with Crippen molar-refractivity contribution in [2.24, 2.45) is 0 Å². The summed E-state index contributed by atoms with van der Waals surface area (Å²) < 4.78 is 5.44. The second-order valence-corrected chi connectivity index (χ2v) is 5.87. The lowest BCUT2D eigenvalue weighted by molar-refractivity contribution is 0.374. The number of rotatable bonds is 7. The van der Waals surface area contributed by atoms with E-state index in [0.717, 1.165) is 13.1 Å². The van der Waals surface area contributed by atoms with Crippen molar-refractivity contribution in [1.82, 2.24) is 15.0 Å². The van der Waals surface area contributed by atoms with Gasteiger partial charge in [-0.05, 0) is 26.0 Å². The second kappa shape index (κ2) is 6.27. The molecule has 7 heteroatoms. The number of thioether (sulfide) groups is 1. The Labute approximate surface area is 118 Å². The summed E-state index contributed by atoms with van der Waals surface area (Å²) >= 11 is 1.92. The van der Waals surface area contributed by atoms with Crippen LogP contribution < -0.4 is 15.4 Å². The molecule has 0 spiro atoms. The summed E-state index contributed by atoms with van der Waals surface area (Å²) in [7, 11) is 1.56. The molecule has 0 unspecified atom stereocenters. The average Bonchev–Trinajstić information content (AvgIpc) is 2.38. The molecule has 0 aliphatic heterocycles. The molecule has 1 fully saturated rings. The Kier molecular flexibility index (Phi) is 4.68. The van der Waals surface area contributed by atoms with Gasteiger partial charge in [0.2, 0.25) is 11.9 Å². The average molecular weight is 283 g/mol. The fourth-order valence-corrected chi connectivity index (χ4v) is 2.94. The van der Waals surface area contributed by atoms with Gasteiger partial charge in [0.05, 0.1) is 7.11 Å². The summed E-state index contributed by atoms with van der Waals surface area (Å²) in [6, 6.07) is 0.334. The lowest BCUT2D eigenvalue weighted by atomic mass is 9.84. The lowest BCUT2D eigenvalue weighted by Crippen LogP contribution is -2.40. The van der Waals surface area contributed by atoms with E-state index >= 15 is 0 Å². The van der Waals surface area contributed by atoms with Gasteiger partial charge in [-0.3, -0.25) is 0 Å². The molecule has 0 amide bonds. The molecule has 2 N–H and O–H groups in total. The molecule has 1 aromatic rings. The first kappa shape index (κ1) is 14.2. The van der Waals surface area contributed by atoms with Gasteiger partial charge < -0.3 is 15.4 Å². The Morgan fingerprint density at radius 2 is 1.89 bits per heavy atom. The van der Waals surface area contributed by atoms with E-state index in [1.807, 2.05) is 18.7 Å². The zero-order valence-corrected chi connectivity index (χ0v) is 12.5. The Hall–Kier alpha value is -1.24. The molecular formula is C12H21N5OS. The van der Waals surface area contributed by atoms with Crippen LogP contribution in [0.3, 0.4) is 0 Å². The predicted octanol–water partition coefficient (Wildman–Crippen LogP) is 2.01. The summed E-state index contributed by atoms with van der Waals surface area (Å²) in [5.74, 6) is 1.12. The molecule has 6 nitrogen and oxygen atoms in total. The molecule has 2 rings (SSSR count). The number of anilines is 2. The van der Waals surface area contributed by atoms with Gasteiger partial charge in [-0.25, -0.2) is 0 Å². The largest absolute Gasteiger partial charge is 0.467 e. The summed E-state index contributed by atoms with van der Waals surface area (Å²) in [6.45, 7) is 3.65. The van der Waals surface area contributed by atoms with E-state index < -0.39 is 0 Å². The summed E-state index contributed by atoms with van der Waals surface area (Å²) in [4.78, 5) is 12.7. The molecule has 0 bridgehead atoms. The minimum Gasteiger partial charge on any atom is -0.467 e. The highest BCUT2D eigenvalue weighted by molar-refractivity contribution is 8.00. The molecule has 0 saturated heterocycles. The molecule has 1 saturated carbocycles. The van der Waals surface area contributed by atoms with Crippen molar-refractivity contribution in [2.75, 3.05) is 37.1 Å². The normalized spacial score (nSPS) is 16.6. The number of ether oxygens (including phenoxy) is 1. The Morgan fingerprint density at radius 1 is 1.21 bits per heavy atom. The number of aromatic nitrogens is 3. The maximum Gasteiger partial charge on any atom is 0.322 e. The number of nitrogens with zero attached hydrogens (tertiary/aromatic N) is 3. The van der Waals surface area contributed by atoms with Crippen molar-refractivity contribution < 1.29 is 4.74 Å². The first-order valence-corrected chi connectivity index (χ1v) is 7.77. The zero-order valence-electron chi connectivity index (χ0n) is 11.7. The number of hydrogen-bond donors (Lipinski definition) is 2. The van der Waals surface area contributed by atoms with Crippen molar-refractivity contribution in [3.8, 4) is 6.01 Å². The highest BCUT2D eigenvalue weighted by Crippen LogP contribution is 2.42. The number of nitrogens with one attached hydrogen (secondary N) is 2. The minimum absolute atomic E-state index is 0.334. The van der Waals surface area contributed by atoms with Gasteiger partial charge >= 0.3 is 6.01 Å². The van der Waals surface area contributed by atoms with Gasteiger partial charge in [-0.1, -0.05) is 6.42 Å². The van der Waals surface area contributed by atoms with Crippen molar-refractivity contribution in [3.05, 3.63) is 0 Å². The monoisotopic (exact) mass is 283 g/mol. The molecule has 19 heavy (non-hydrogen) atoms. The summed E-state index contributed by atoms with van der Waals surface area (Å²) in [5.41, 5.74) is 0. The van der Waals surface area contributed by atoms with Crippen molar-refractivity contribution in [2.45, 2.75) is 30.9 Å². The maximum absolute atomic E-state index is 5.09. The topological polar surface area (TPSA) is 72.0 Å². The van der Waals surface area contributed by atoms with E-state index in [9.17, 15) is 0 Å². The van der Waals surface area contributed by atoms with Crippen LogP contribution in [0.2, 0.25) is 0 Å². The van der Waals surface area contributed by atoms with Crippen molar-refractivity contribution in [3.63, 3.8) is 0 Å². The van der Waals surface area contributed by atoms with Crippen LogP contribution in [-0.2, 0) is 0 Å². The van der Waals surface area contributed by atoms with Crippen LogP contribution in [-0.4, -0.2) is 46.2 Å². The smallest absolute Gasteiger partial charge is 0.322 e. The zero-order chi connectivity index (χ0) is 13.7. The molecule has 1 aliphatic carbocycles. The SMILES string of the molecule is CCNc1nc(NCC2(SC)CCC2)nc(OC)n1. The molecular weight excluding hydrogens is 262 g/mol. The fourth-order valence-electron chi connectivity index (χ4n) is 2.03. The van der Waals surface area contributed by atoms with Crippen LogP contribution >= 0.6 is 11.8 Å². The highest BCUT2D eigenvalue weighted by atomic mass is 32.2. The van der Waals surface area contributed by atoms with Crippen LogP contribution in [0.25, 0.3) is 0 Å². The Balaban J connectivity index is 2.04. The van der Waals surface area contributed by atoms with E-state index in [0.29, 0.717) is 22.7 Å². The van der Waals surface area contributed by atoms with Gasteiger partial charge in [-0.2, -0.15) is 26.7 Å². The molecule has 1 aliphatic rings. The summed E-state index contributed by atoms with van der Waals surface area (Å²) in [5, 5.41) is 6.38. The predicted molar refractivity (Wildman–Crippen MR) is 79.1 cm³/mol. The van der Waals surface area contributed by atoms with Gasteiger partial charge in [0.25, 0.3) is 0 Å². The molecule has 0 aromatic carbocycles. The van der Waals surface area contributed by atoms with Crippen LogP contribution in [0, 0.1) is 0 Å². The molecule has 0 atom stereocenters. The van der Waals surface area contributed by atoms with Crippen LogP contribution in [0.4, 0.5) is 11.9 Å². The molecule has 106 valence electrons. The standard InChI is InChI=1S/C12H21N5OS/c1-4-13-9-15-10(17-11(16-9)18-2)14-8-12(19-3)6-5-7-12/h4-8H2,1-3H3,(H2,13,14,15,16,17). The van der Waals surface area contributed by atoms with Gasteiger partial charge in [0.15, 0.2) is 0 Å². The summed E-state index contributed by atoms with van der Waals surface area (Å²) in [6.07, 6.45) is 5.98. The van der Waals surface area contributed by atoms with Gasteiger partial charge in [-0.15, -0.1) is 0 Å². The van der Waals surface area contributed by atoms with Crippen molar-refractivity contribution in [1.29, 1.82) is 0 Å². The molecule has 1 aromatic heterocycles. The van der Waals surface area contributed by atoms with Crippen LogP contribution in [0.15, 0.2) is 0 Å². The molecule has 0 radical (unpaired) electrons. The third-order valence-electron chi connectivity index (χ3n) is 3.40. The number of hydrogen-bond acceptors (Lipinski definition) is 7. The Morgan fingerprint density at radius 3 is 2.37 bits per heavy atom. The second-order valence-electron chi connectivity index (χ2n) is 4.59. The van der Waals surface area contributed by atoms with E-state index in [4.69, 9.17) is 4.74 Å². The number of methoxy groups -OCH3 is 1. The van der Waals surface area contributed by atoms with E-state index in [1.54, 1.807) is 7.11 Å². The Bertz CT molecular complexity index is 419. The van der Waals surface area contributed by atoms with Crippen LogP contribution in [0.5, 0.6) is 6.01 Å². The van der Waals surface area contributed by atoms with Crippen LogP contribution in [0.1, 0.15) is 26.2 Å². The van der Waals surface area contributed by atoms with Gasteiger partial charge in [0.1, 0.15) is 0 Å². The van der Waals surface area contributed by atoms with Crippen molar-refractivity contribution >= 4 is 23.7 Å².